The van der Waals surface area contributed by atoms with Crippen LogP contribution in [0.25, 0.3) is 0 Å². The molecule has 2 nitrogen and oxygen atoms in total. The number of imidazole rings is 1. The fraction of sp³-hybridized carbons (Fsp3) is 0.786. The van der Waals surface area contributed by atoms with E-state index in [0.717, 1.165) is 6.42 Å². The van der Waals surface area contributed by atoms with Crippen molar-refractivity contribution in [2.24, 2.45) is 0 Å². The van der Waals surface area contributed by atoms with E-state index in [1.165, 1.54) is 49.4 Å². The zero-order valence-corrected chi connectivity index (χ0v) is 11.1. The monoisotopic (exact) mass is 220 g/mol. The Bertz CT molecular complexity index is 372. The molecule has 0 unspecified atom stereocenters. The average Bonchev–Trinajstić information content (AvgIpc) is 2.87. The Labute approximate surface area is 99.1 Å². The highest BCUT2D eigenvalue weighted by Gasteiger charge is 2.32. The first-order valence-electron chi connectivity index (χ1n) is 6.75. The lowest BCUT2D eigenvalue weighted by Gasteiger charge is -2.29. The molecule has 16 heavy (non-hydrogen) atoms. The number of hydrogen-bond acceptors (Lipinski definition) is 1. The molecule has 2 rings (SSSR count). The van der Waals surface area contributed by atoms with E-state index in [2.05, 4.69) is 32.3 Å². The van der Waals surface area contributed by atoms with Gasteiger partial charge in [0.25, 0.3) is 0 Å². The third-order valence-electron chi connectivity index (χ3n) is 4.37. The summed E-state index contributed by atoms with van der Waals surface area (Å²) < 4.78 is 2.51. The van der Waals surface area contributed by atoms with Gasteiger partial charge in [-0.25, -0.2) is 4.98 Å². The Hall–Kier alpha value is -0.790. The van der Waals surface area contributed by atoms with Crippen molar-refractivity contribution in [1.29, 1.82) is 0 Å². The molecule has 1 aliphatic heterocycles. The van der Waals surface area contributed by atoms with E-state index in [1.807, 2.05) is 0 Å². The smallest absolute Gasteiger partial charge is 0.109 e. The van der Waals surface area contributed by atoms with Crippen LogP contribution in [0, 0.1) is 0 Å². The molecule has 0 amide bonds. The lowest BCUT2D eigenvalue weighted by atomic mass is 9.80. The molecule has 0 bridgehead atoms. The number of fused-ring (bicyclic) bond motifs is 1. The Morgan fingerprint density at radius 3 is 2.50 bits per heavy atom. The first kappa shape index (κ1) is 11.7. The lowest BCUT2D eigenvalue weighted by molar-refractivity contribution is 0.403. The number of hydrogen-bond donors (Lipinski definition) is 0. The van der Waals surface area contributed by atoms with Crippen molar-refractivity contribution in [3.05, 3.63) is 17.2 Å². The summed E-state index contributed by atoms with van der Waals surface area (Å²) in [5.74, 6) is 1.33. The average molecular weight is 220 g/mol. The van der Waals surface area contributed by atoms with Crippen LogP contribution in [0.4, 0.5) is 0 Å². The molecule has 0 saturated carbocycles. The summed E-state index contributed by atoms with van der Waals surface area (Å²) >= 11 is 0. The summed E-state index contributed by atoms with van der Waals surface area (Å²) in [4.78, 5) is 4.83. The summed E-state index contributed by atoms with van der Waals surface area (Å²) in [5.41, 5.74) is 3.20. The van der Waals surface area contributed by atoms with Crippen molar-refractivity contribution in [1.82, 2.24) is 9.55 Å². The molecule has 0 saturated heterocycles. The first-order chi connectivity index (χ1) is 7.66. The highest BCUT2D eigenvalue weighted by molar-refractivity contribution is 5.27. The molecule has 90 valence electrons. The molecule has 2 heteroatoms. The number of nitrogens with zero attached hydrogens (tertiary/aromatic N) is 2. The third kappa shape index (κ3) is 1.59. The third-order valence-corrected chi connectivity index (χ3v) is 4.37. The Morgan fingerprint density at radius 1 is 1.25 bits per heavy atom. The standard InChI is InChI=1S/C14H24N2/c1-5-11-13(14(4,6-2)7-3)16-10-8-9-12(16)15-11/h5-10H2,1-4H3. The van der Waals surface area contributed by atoms with Gasteiger partial charge in [0.2, 0.25) is 0 Å². The highest BCUT2D eigenvalue weighted by atomic mass is 15.1. The fourth-order valence-electron chi connectivity index (χ4n) is 2.89. The molecule has 2 heterocycles. The van der Waals surface area contributed by atoms with Gasteiger partial charge >= 0.3 is 0 Å². The number of rotatable bonds is 4. The second kappa shape index (κ2) is 4.23. The van der Waals surface area contributed by atoms with Gasteiger partial charge in [-0.05, 0) is 25.7 Å². The van der Waals surface area contributed by atoms with Crippen LogP contribution >= 0.6 is 0 Å². The molecule has 0 atom stereocenters. The SMILES string of the molecule is CCc1nc2n(c1C(C)(CC)CC)CCC2. The quantitative estimate of drug-likeness (QED) is 0.759. The maximum atomic E-state index is 4.83. The second-order valence-electron chi connectivity index (χ2n) is 5.20. The van der Waals surface area contributed by atoms with E-state index < -0.39 is 0 Å². The molecule has 0 fully saturated rings. The minimum absolute atomic E-state index is 0.320. The number of aromatic nitrogens is 2. The van der Waals surface area contributed by atoms with Crippen LogP contribution in [0.2, 0.25) is 0 Å². The van der Waals surface area contributed by atoms with E-state index in [0.29, 0.717) is 5.41 Å². The highest BCUT2D eigenvalue weighted by Crippen LogP contribution is 2.36. The minimum atomic E-state index is 0.320. The van der Waals surface area contributed by atoms with Gasteiger partial charge in [-0.1, -0.05) is 27.7 Å². The molecule has 0 N–H and O–H groups in total. The molecule has 0 radical (unpaired) electrons. The molecular weight excluding hydrogens is 196 g/mol. The molecule has 1 aliphatic rings. The first-order valence-corrected chi connectivity index (χ1v) is 6.75. The van der Waals surface area contributed by atoms with Crippen molar-refractivity contribution in [2.75, 3.05) is 0 Å². The lowest BCUT2D eigenvalue weighted by Crippen LogP contribution is -2.25. The van der Waals surface area contributed by atoms with Gasteiger partial charge in [0.1, 0.15) is 5.82 Å². The van der Waals surface area contributed by atoms with Crippen LogP contribution in [0.5, 0.6) is 0 Å². The van der Waals surface area contributed by atoms with Crippen molar-refractivity contribution < 1.29 is 0 Å². The van der Waals surface area contributed by atoms with Gasteiger partial charge in [0.05, 0.1) is 5.69 Å². The van der Waals surface area contributed by atoms with Crippen LogP contribution in [0.15, 0.2) is 0 Å². The zero-order chi connectivity index (χ0) is 11.8. The minimum Gasteiger partial charge on any atom is -0.331 e. The van der Waals surface area contributed by atoms with Crippen molar-refractivity contribution >= 4 is 0 Å². The van der Waals surface area contributed by atoms with Crippen LogP contribution in [0.1, 0.15) is 64.2 Å². The van der Waals surface area contributed by atoms with Gasteiger partial charge in [-0.3, -0.25) is 0 Å². The summed E-state index contributed by atoms with van der Waals surface area (Å²) in [6, 6.07) is 0. The molecule has 0 aromatic carbocycles. The maximum Gasteiger partial charge on any atom is 0.109 e. The van der Waals surface area contributed by atoms with E-state index >= 15 is 0 Å². The van der Waals surface area contributed by atoms with E-state index in [4.69, 9.17) is 4.98 Å². The zero-order valence-electron chi connectivity index (χ0n) is 11.1. The maximum absolute atomic E-state index is 4.83. The van der Waals surface area contributed by atoms with Crippen LogP contribution in [-0.2, 0) is 24.8 Å². The van der Waals surface area contributed by atoms with Crippen LogP contribution in [-0.4, -0.2) is 9.55 Å². The molecular formula is C14H24N2. The van der Waals surface area contributed by atoms with Crippen molar-refractivity contribution in [3.8, 4) is 0 Å². The summed E-state index contributed by atoms with van der Waals surface area (Å²) in [6.45, 7) is 10.4. The van der Waals surface area contributed by atoms with Gasteiger partial charge in [-0.15, -0.1) is 0 Å². The van der Waals surface area contributed by atoms with Crippen LogP contribution < -0.4 is 0 Å². The normalized spacial score (nSPS) is 15.5. The molecule has 1 aromatic heterocycles. The van der Waals surface area contributed by atoms with E-state index in [-0.39, 0.29) is 0 Å². The molecule has 0 spiro atoms. The van der Waals surface area contributed by atoms with Crippen molar-refractivity contribution in [3.63, 3.8) is 0 Å². The second-order valence-corrected chi connectivity index (χ2v) is 5.20. The van der Waals surface area contributed by atoms with Crippen molar-refractivity contribution in [2.45, 2.75) is 71.8 Å². The summed E-state index contributed by atoms with van der Waals surface area (Å²) in [6.07, 6.45) is 5.95. The van der Waals surface area contributed by atoms with Gasteiger partial charge < -0.3 is 4.57 Å². The van der Waals surface area contributed by atoms with Crippen LogP contribution in [0.3, 0.4) is 0 Å². The molecule has 0 aliphatic carbocycles. The van der Waals surface area contributed by atoms with E-state index in [1.54, 1.807) is 0 Å². The number of aryl methyl sites for hydroxylation is 2. The summed E-state index contributed by atoms with van der Waals surface area (Å²) in [7, 11) is 0. The Morgan fingerprint density at radius 2 is 1.94 bits per heavy atom. The molecule has 1 aromatic rings. The predicted molar refractivity (Wildman–Crippen MR) is 67.9 cm³/mol. The van der Waals surface area contributed by atoms with E-state index in [9.17, 15) is 0 Å². The van der Waals surface area contributed by atoms with Gasteiger partial charge in [0.15, 0.2) is 0 Å². The largest absolute Gasteiger partial charge is 0.331 e. The van der Waals surface area contributed by atoms with Gasteiger partial charge in [0, 0.05) is 24.1 Å². The summed E-state index contributed by atoms with van der Waals surface area (Å²) in [5, 5.41) is 0. The predicted octanol–water partition coefficient (Wildman–Crippen LogP) is 3.47. The topological polar surface area (TPSA) is 17.8 Å². The Kier molecular flexibility index (Phi) is 3.09. The van der Waals surface area contributed by atoms with Gasteiger partial charge in [-0.2, -0.15) is 0 Å². The Balaban J connectivity index is 2.53. The fourth-order valence-corrected chi connectivity index (χ4v) is 2.89.